The topological polar surface area (TPSA) is 64.4 Å². The zero-order chi connectivity index (χ0) is 21.8. The van der Waals surface area contributed by atoms with E-state index in [9.17, 15) is 14.0 Å². The first-order valence-electron chi connectivity index (χ1n) is 9.29. The predicted octanol–water partition coefficient (Wildman–Crippen LogP) is 4.18. The summed E-state index contributed by atoms with van der Waals surface area (Å²) in [5, 5.41) is 4.27. The van der Waals surface area contributed by atoms with Crippen LogP contribution in [0.1, 0.15) is 28.5 Å². The second-order valence-electron chi connectivity index (χ2n) is 6.87. The molecule has 30 heavy (non-hydrogen) atoms. The molecule has 0 aliphatic carbocycles. The largest absolute Gasteiger partial charge is 0.449 e. The number of benzene rings is 2. The van der Waals surface area contributed by atoms with Crippen LogP contribution in [0.4, 0.5) is 4.39 Å². The lowest BCUT2D eigenvalue weighted by atomic mass is 10.2. The smallest absolute Gasteiger partial charge is 0.344 e. The van der Waals surface area contributed by atoms with Gasteiger partial charge in [0, 0.05) is 13.6 Å². The van der Waals surface area contributed by atoms with Crippen molar-refractivity contribution in [2.45, 2.75) is 26.5 Å². The maximum atomic E-state index is 13.2. The zero-order valence-corrected chi connectivity index (χ0v) is 17.6. The minimum atomic E-state index is -1.00. The molecule has 0 saturated carbocycles. The van der Waals surface area contributed by atoms with Gasteiger partial charge in [-0.1, -0.05) is 41.9 Å². The lowest BCUT2D eigenvalue weighted by Gasteiger charge is -2.21. The summed E-state index contributed by atoms with van der Waals surface area (Å²) in [4.78, 5) is 26.8. The van der Waals surface area contributed by atoms with Crippen LogP contribution >= 0.6 is 11.6 Å². The fourth-order valence-electron chi connectivity index (χ4n) is 3.00. The first kappa shape index (κ1) is 21.5. The summed E-state index contributed by atoms with van der Waals surface area (Å²) in [5.74, 6) is -1.49. The molecule has 156 valence electrons. The van der Waals surface area contributed by atoms with Crippen molar-refractivity contribution in [3.63, 3.8) is 0 Å². The molecule has 1 heterocycles. The number of esters is 1. The molecule has 0 aliphatic rings. The molecular weight excluding hydrogens is 409 g/mol. The summed E-state index contributed by atoms with van der Waals surface area (Å²) < 4.78 is 19.8. The monoisotopic (exact) mass is 429 g/mol. The molecule has 2 aromatic carbocycles. The van der Waals surface area contributed by atoms with E-state index in [1.54, 1.807) is 14.0 Å². The van der Waals surface area contributed by atoms with E-state index in [1.165, 1.54) is 40.8 Å². The number of carbonyl (C=O) groups is 2. The average molecular weight is 430 g/mol. The summed E-state index contributed by atoms with van der Waals surface area (Å²) in [6.07, 6.45) is -1.00. The van der Waals surface area contributed by atoms with E-state index in [0.29, 0.717) is 17.9 Å². The highest BCUT2D eigenvalue weighted by Gasteiger charge is 2.27. The number of ether oxygens (including phenoxy) is 1. The number of rotatable bonds is 6. The van der Waals surface area contributed by atoms with Gasteiger partial charge in [-0.05, 0) is 43.7 Å². The Balaban J connectivity index is 1.72. The fourth-order valence-corrected chi connectivity index (χ4v) is 3.35. The minimum Gasteiger partial charge on any atom is -0.449 e. The van der Waals surface area contributed by atoms with Crippen molar-refractivity contribution >= 4 is 23.5 Å². The summed E-state index contributed by atoms with van der Waals surface area (Å²) in [6, 6.07) is 15.0. The van der Waals surface area contributed by atoms with Gasteiger partial charge < -0.3 is 9.64 Å². The van der Waals surface area contributed by atoms with Crippen LogP contribution < -0.4 is 0 Å². The predicted molar refractivity (Wildman–Crippen MR) is 111 cm³/mol. The van der Waals surface area contributed by atoms with Crippen LogP contribution in [0.25, 0.3) is 5.69 Å². The van der Waals surface area contributed by atoms with Gasteiger partial charge in [-0.25, -0.2) is 13.9 Å². The summed E-state index contributed by atoms with van der Waals surface area (Å²) in [6.45, 7) is 3.51. The summed E-state index contributed by atoms with van der Waals surface area (Å²) in [7, 11) is 1.64. The molecule has 0 saturated heterocycles. The Kier molecular flexibility index (Phi) is 6.52. The Hall–Kier alpha value is -3.19. The number of aromatic nitrogens is 2. The van der Waals surface area contributed by atoms with Crippen molar-refractivity contribution in [1.82, 2.24) is 14.7 Å². The number of likely N-dealkylation sites (N-methyl/N-ethyl adjacent to an activating group) is 1. The van der Waals surface area contributed by atoms with Gasteiger partial charge in [-0.2, -0.15) is 5.10 Å². The quantitative estimate of drug-likeness (QED) is 0.551. The average Bonchev–Trinajstić information content (AvgIpc) is 3.02. The van der Waals surface area contributed by atoms with Gasteiger partial charge in [0.05, 0.1) is 11.4 Å². The molecule has 0 fully saturated rings. The third-order valence-corrected chi connectivity index (χ3v) is 4.90. The minimum absolute atomic E-state index is 0.0291. The van der Waals surface area contributed by atoms with Crippen LogP contribution in [0.15, 0.2) is 54.6 Å². The molecule has 0 aliphatic heterocycles. The van der Waals surface area contributed by atoms with E-state index >= 15 is 0 Å². The third-order valence-electron chi connectivity index (χ3n) is 4.55. The van der Waals surface area contributed by atoms with Gasteiger partial charge in [0.2, 0.25) is 0 Å². The summed E-state index contributed by atoms with van der Waals surface area (Å²) >= 11 is 6.34. The second kappa shape index (κ2) is 9.09. The molecule has 1 amide bonds. The Morgan fingerprint density at radius 2 is 1.80 bits per heavy atom. The number of amides is 1. The molecule has 0 radical (unpaired) electrons. The van der Waals surface area contributed by atoms with Gasteiger partial charge in [-0.3, -0.25) is 4.79 Å². The fraction of sp³-hybridized carbons (Fsp3) is 0.227. The highest BCUT2D eigenvalue weighted by atomic mass is 35.5. The molecule has 0 spiro atoms. The van der Waals surface area contributed by atoms with Crippen LogP contribution in [-0.2, 0) is 16.1 Å². The van der Waals surface area contributed by atoms with E-state index in [-0.39, 0.29) is 16.6 Å². The van der Waals surface area contributed by atoms with Crippen molar-refractivity contribution in [3.05, 3.63) is 82.4 Å². The van der Waals surface area contributed by atoms with Gasteiger partial charge in [-0.15, -0.1) is 0 Å². The number of halogens is 2. The third kappa shape index (κ3) is 4.68. The molecule has 0 N–H and O–H groups in total. The molecule has 8 heteroatoms. The van der Waals surface area contributed by atoms with Crippen molar-refractivity contribution < 1.29 is 18.7 Å². The molecule has 1 aromatic heterocycles. The SMILES string of the molecule is Cc1nn(-c2ccc(F)cc2)c(Cl)c1C(=O)OC(C)C(=O)N(C)Cc1ccccc1. The highest BCUT2D eigenvalue weighted by Crippen LogP contribution is 2.25. The molecule has 1 unspecified atom stereocenters. The molecular formula is C22H21ClFN3O3. The normalized spacial score (nSPS) is 11.8. The second-order valence-corrected chi connectivity index (χ2v) is 7.22. The van der Waals surface area contributed by atoms with Crippen LogP contribution in [0, 0.1) is 12.7 Å². The Bertz CT molecular complexity index is 1050. The van der Waals surface area contributed by atoms with E-state index in [0.717, 1.165) is 5.56 Å². The Morgan fingerprint density at radius 1 is 1.17 bits per heavy atom. The van der Waals surface area contributed by atoms with Gasteiger partial charge >= 0.3 is 5.97 Å². The number of aryl methyl sites for hydroxylation is 1. The molecule has 3 aromatic rings. The van der Waals surface area contributed by atoms with Gasteiger partial charge in [0.1, 0.15) is 16.5 Å². The number of hydrogen-bond acceptors (Lipinski definition) is 4. The molecule has 1 atom stereocenters. The van der Waals surface area contributed by atoms with Crippen LogP contribution in [-0.4, -0.2) is 39.7 Å². The van der Waals surface area contributed by atoms with E-state index in [2.05, 4.69) is 5.10 Å². The highest BCUT2D eigenvalue weighted by molar-refractivity contribution is 6.33. The van der Waals surface area contributed by atoms with E-state index in [4.69, 9.17) is 16.3 Å². The zero-order valence-electron chi connectivity index (χ0n) is 16.8. The van der Waals surface area contributed by atoms with Gasteiger partial charge in [0.15, 0.2) is 6.10 Å². The Morgan fingerprint density at radius 3 is 2.43 bits per heavy atom. The van der Waals surface area contributed by atoms with Crippen molar-refractivity contribution in [2.24, 2.45) is 0 Å². The number of carbonyl (C=O) groups excluding carboxylic acids is 2. The van der Waals surface area contributed by atoms with Crippen molar-refractivity contribution in [1.29, 1.82) is 0 Å². The lowest BCUT2D eigenvalue weighted by molar-refractivity contribution is -0.139. The number of nitrogens with zero attached hydrogens (tertiary/aromatic N) is 3. The number of hydrogen-bond donors (Lipinski definition) is 0. The standard InChI is InChI=1S/C22H21ClFN3O3/c1-14-19(20(23)27(25-14)18-11-9-17(24)10-12-18)22(29)30-15(2)21(28)26(3)13-16-7-5-4-6-8-16/h4-12,15H,13H2,1-3H3. The first-order valence-corrected chi connectivity index (χ1v) is 9.66. The lowest BCUT2D eigenvalue weighted by Crippen LogP contribution is -2.37. The van der Waals surface area contributed by atoms with Crippen molar-refractivity contribution in [3.8, 4) is 5.69 Å². The Labute approximate surface area is 178 Å². The maximum absolute atomic E-state index is 13.2. The van der Waals surface area contributed by atoms with Crippen molar-refractivity contribution in [2.75, 3.05) is 7.05 Å². The molecule has 0 bridgehead atoms. The van der Waals surface area contributed by atoms with Gasteiger partial charge in [0.25, 0.3) is 5.91 Å². The summed E-state index contributed by atoms with van der Waals surface area (Å²) in [5.41, 5.74) is 1.86. The molecule has 3 rings (SSSR count). The van der Waals surface area contributed by atoms with Crippen LogP contribution in [0.5, 0.6) is 0 Å². The van der Waals surface area contributed by atoms with Crippen LogP contribution in [0.2, 0.25) is 5.15 Å². The van der Waals surface area contributed by atoms with E-state index < -0.39 is 17.9 Å². The maximum Gasteiger partial charge on any atom is 0.344 e. The van der Waals surface area contributed by atoms with E-state index in [1.807, 2.05) is 30.3 Å². The molecule has 6 nitrogen and oxygen atoms in total. The first-order chi connectivity index (χ1) is 14.3. The van der Waals surface area contributed by atoms with Crippen LogP contribution in [0.3, 0.4) is 0 Å².